The summed E-state index contributed by atoms with van der Waals surface area (Å²) in [6, 6.07) is 6.15. The van der Waals surface area contributed by atoms with Crippen molar-refractivity contribution in [3.8, 4) is 0 Å². The zero-order valence-corrected chi connectivity index (χ0v) is 11.5. The zero-order chi connectivity index (χ0) is 14.4. The summed E-state index contributed by atoms with van der Waals surface area (Å²) in [7, 11) is 0. The van der Waals surface area contributed by atoms with Crippen LogP contribution < -0.4 is 0 Å². The van der Waals surface area contributed by atoms with E-state index in [1.165, 1.54) is 44.2 Å². The van der Waals surface area contributed by atoms with Crippen LogP contribution in [0, 0.1) is 5.92 Å². The SMILES string of the molecule is O=C(O)c1ccccc1C(=O)OCCC1CCCCC1. The van der Waals surface area contributed by atoms with Crippen LogP contribution in [-0.4, -0.2) is 23.7 Å². The number of hydrogen-bond donors (Lipinski definition) is 1. The normalized spacial score (nSPS) is 15.8. The van der Waals surface area contributed by atoms with Gasteiger partial charge in [0.25, 0.3) is 0 Å². The highest BCUT2D eigenvalue weighted by atomic mass is 16.5. The molecular formula is C16H20O4. The smallest absolute Gasteiger partial charge is 0.339 e. The highest BCUT2D eigenvalue weighted by Crippen LogP contribution is 2.26. The molecule has 1 aliphatic rings. The van der Waals surface area contributed by atoms with Crippen molar-refractivity contribution in [3.63, 3.8) is 0 Å². The lowest BCUT2D eigenvalue weighted by Crippen LogP contribution is -2.15. The van der Waals surface area contributed by atoms with Crippen LogP contribution >= 0.6 is 0 Å². The highest BCUT2D eigenvalue weighted by Gasteiger charge is 2.18. The van der Waals surface area contributed by atoms with Crippen molar-refractivity contribution in [2.45, 2.75) is 38.5 Å². The number of benzene rings is 1. The molecule has 0 saturated heterocycles. The zero-order valence-electron chi connectivity index (χ0n) is 11.5. The molecule has 1 saturated carbocycles. The molecule has 108 valence electrons. The Hall–Kier alpha value is -1.84. The Kier molecular flexibility index (Phi) is 5.16. The molecule has 0 heterocycles. The molecule has 0 radical (unpaired) electrons. The summed E-state index contributed by atoms with van der Waals surface area (Å²) in [6.07, 6.45) is 7.14. The molecule has 0 amide bonds. The van der Waals surface area contributed by atoms with Crippen LogP contribution in [-0.2, 0) is 4.74 Å². The summed E-state index contributed by atoms with van der Waals surface area (Å²) in [5, 5.41) is 9.04. The van der Waals surface area contributed by atoms with Crippen LogP contribution in [0.2, 0.25) is 0 Å². The molecule has 0 bridgehead atoms. The topological polar surface area (TPSA) is 63.6 Å². The molecule has 0 unspecified atom stereocenters. The first-order valence-electron chi connectivity index (χ1n) is 7.18. The molecule has 1 fully saturated rings. The number of carboxylic acid groups (broad SMARTS) is 1. The Balaban J connectivity index is 1.87. The van der Waals surface area contributed by atoms with E-state index in [2.05, 4.69) is 0 Å². The minimum Gasteiger partial charge on any atom is -0.478 e. The van der Waals surface area contributed by atoms with Gasteiger partial charge in [-0.25, -0.2) is 9.59 Å². The first kappa shape index (κ1) is 14.6. The minimum atomic E-state index is -1.11. The third-order valence-electron chi connectivity index (χ3n) is 3.86. The summed E-state index contributed by atoms with van der Waals surface area (Å²) in [5.41, 5.74) is 0.124. The lowest BCUT2D eigenvalue weighted by Gasteiger charge is -2.21. The van der Waals surface area contributed by atoms with Gasteiger partial charge in [0.2, 0.25) is 0 Å². The minimum absolute atomic E-state index is 0.00448. The molecule has 1 aromatic carbocycles. The van der Waals surface area contributed by atoms with E-state index < -0.39 is 11.9 Å². The Morgan fingerprint density at radius 3 is 2.40 bits per heavy atom. The fraction of sp³-hybridized carbons (Fsp3) is 0.500. The molecule has 2 rings (SSSR count). The van der Waals surface area contributed by atoms with Crippen molar-refractivity contribution in [1.29, 1.82) is 0 Å². The summed E-state index contributed by atoms with van der Waals surface area (Å²) in [4.78, 5) is 23.0. The van der Waals surface area contributed by atoms with Gasteiger partial charge in [0.05, 0.1) is 17.7 Å². The predicted molar refractivity (Wildman–Crippen MR) is 74.9 cm³/mol. The maximum atomic E-state index is 11.9. The second kappa shape index (κ2) is 7.08. The van der Waals surface area contributed by atoms with Gasteiger partial charge in [-0.05, 0) is 24.5 Å². The van der Waals surface area contributed by atoms with Crippen molar-refractivity contribution in [3.05, 3.63) is 35.4 Å². The average molecular weight is 276 g/mol. The van der Waals surface area contributed by atoms with Crippen LogP contribution in [0.4, 0.5) is 0 Å². The third kappa shape index (κ3) is 3.83. The lowest BCUT2D eigenvalue weighted by atomic mass is 9.87. The summed E-state index contributed by atoms with van der Waals surface area (Å²) in [5.74, 6) is -1.00. The van der Waals surface area contributed by atoms with Crippen LogP contribution in [0.25, 0.3) is 0 Å². The highest BCUT2D eigenvalue weighted by molar-refractivity contribution is 6.02. The van der Waals surface area contributed by atoms with Gasteiger partial charge in [0.1, 0.15) is 0 Å². The van der Waals surface area contributed by atoms with E-state index in [1.807, 2.05) is 0 Å². The van der Waals surface area contributed by atoms with Crippen LogP contribution in [0.1, 0.15) is 59.2 Å². The number of carbonyl (C=O) groups is 2. The second-order valence-electron chi connectivity index (χ2n) is 5.28. The first-order chi connectivity index (χ1) is 9.68. The molecule has 0 spiro atoms. The van der Waals surface area contributed by atoms with E-state index in [-0.39, 0.29) is 11.1 Å². The van der Waals surface area contributed by atoms with Gasteiger partial charge in [0.15, 0.2) is 0 Å². The maximum absolute atomic E-state index is 11.9. The van der Waals surface area contributed by atoms with Gasteiger partial charge >= 0.3 is 11.9 Å². The molecule has 0 aromatic heterocycles. The molecule has 1 aromatic rings. The lowest BCUT2D eigenvalue weighted by molar-refractivity contribution is 0.0465. The van der Waals surface area contributed by atoms with Gasteiger partial charge < -0.3 is 9.84 Å². The molecule has 4 heteroatoms. The van der Waals surface area contributed by atoms with Crippen molar-refractivity contribution in [2.75, 3.05) is 6.61 Å². The maximum Gasteiger partial charge on any atom is 0.339 e. The number of ether oxygens (including phenoxy) is 1. The average Bonchev–Trinajstić information content (AvgIpc) is 2.48. The molecule has 1 aliphatic carbocycles. The third-order valence-corrected chi connectivity index (χ3v) is 3.86. The van der Waals surface area contributed by atoms with E-state index in [0.717, 1.165) is 6.42 Å². The van der Waals surface area contributed by atoms with E-state index in [0.29, 0.717) is 12.5 Å². The van der Waals surface area contributed by atoms with Gasteiger partial charge in [-0.15, -0.1) is 0 Å². The predicted octanol–water partition coefficient (Wildman–Crippen LogP) is 3.51. The van der Waals surface area contributed by atoms with Crippen LogP contribution in [0.5, 0.6) is 0 Å². The number of carbonyl (C=O) groups excluding carboxylic acids is 1. The van der Waals surface area contributed by atoms with Crippen LogP contribution in [0.15, 0.2) is 24.3 Å². The summed E-state index contributed by atoms with van der Waals surface area (Å²) in [6.45, 7) is 0.372. The monoisotopic (exact) mass is 276 g/mol. The molecule has 20 heavy (non-hydrogen) atoms. The van der Waals surface area contributed by atoms with E-state index in [4.69, 9.17) is 9.84 Å². The van der Waals surface area contributed by atoms with Gasteiger partial charge in [-0.3, -0.25) is 0 Å². The van der Waals surface area contributed by atoms with E-state index in [9.17, 15) is 9.59 Å². The standard InChI is InChI=1S/C16H20O4/c17-15(18)13-8-4-5-9-14(13)16(19)20-11-10-12-6-2-1-3-7-12/h4-5,8-9,12H,1-3,6-7,10-11H2,(H,17,18). The van der Waals surface area contributed by atoms with Crippen molar-refractivity contribution >= 4 is 11.9 Å². The fourth-order valence-electron chi connectivity index (χ4n) is 2.72. The number of aromatic carboxylic acids is 1. The Labute approximate surface area is 118 Å². The fourth-order valence-corrected chi connectivity index (χ4v) is 2.72. The van der Waals surface area contributed by atoms with Crippen molar-refractivity contribution < 1.29 is 19.4 Å². The molecule has 4 nitrogen and oxygen atoms in total. The summed E-state index contributed by atoms with van der Waals surface area (Å²) >= 11 is 0. The number of carboxylic acids is 1. The quantitative estimate of drug-likeness (QED) is 0.836. The first-order valence-corrected chi connectivity index (χ1v) is 7.18. The Morgan fingerprint density at radius 1 is 1.10 bits per heavy atom. The number of esters is 1. The molecular weight excluding hydrogens is 256 g/mol. The molecule has 1 N–H and O–H groups in total. The van der Waals surface area contributed by atoms with Crippen molar-refractivity contribution in [1.82, 2.24) is 0 Å². The van der Waals surface area contributed by atoms with Gasteiger partial charge in [-0.2, -0.15) is 0 Å². The van der Waals surface area contributed by atoms with Gasteiger partial charge in [-0.1, -0.05) is 44.2 Å². The van der Waals surface area contributed by atoms with E-state index in [1.54, 1.807) is 12.1 Å². The van der Waals surface area contributed by atoms with Crippen LogP contribution in [0.3, 0.4) is 0 Å². The second-order valence-corrected chi connectivity index (χ2v) is 5.28. The number of rotatable bonds is 5. The number of hydrogen-bond acceptors (Lipinski definition) is 3. The van der Waals surface area contributed by atoms with Gasteiger partial charge in [0, 0.05) is 0 Å². The van der Waals surface area contributed by atoms with Crippen molar-refractivity contribution in [2.24, 2.45) is 5.92 Å². The summed E-state index contributed by atoms with van der Waals surface area (Å²) < 4.78 is 5.22. The molecule has 0 aliphatic heterocycles. The Morgan fingerprint density at radius 2 is 1.75 bits per heavy atom. The van der Waals surface area contributed by atoms with E-state index >= 15 is 0 Å². The molecule has 0 atom stereocenters. The largest absolute Gasteiger partial charge is 0.478 e. The Bertz CT molecular complexity index is 475.